The Morgan fingerprint density at radius 3 is 2.70 bits per heavy atom. The molecular weight excluding hydrogens is 422 g/mol. The topological polar surface area (TPSA) is 87.0 Å². The highest BCUT2D eigenvalue weighted by molar-refractivity contribution is 7.14. The van der Waals surface area contributed by atoms with Gasteiger partial charge in [-0.15, -0.1) is 11.3 Å². The third kappa shape index (κ3) is 4.00. The van der Waals surface area contributed by atoms with E-state index in [9.17, 15) is 9.59 Å². The molecule has 0 saturated carbocycles. The molecule has 0 atom stereocenters. The van der Waals surface area contributed by atoms with E-state index in [2.05, 4.69) is 20.6 Å². The molecule has 7 nitrogen and oxygen atoms in total. The van der Waals surface area contributed by atoms with Crippen molar-refractivity contribution in [2.75, 3.05) is 10.4 Å². The van der Waals surface area contributed by atoms with Crippen LogP contribution >= 0.6 is 22.9 Å². The number of hydrazone groups is 2. The van der Waals surface area contributed by atoms with Crippen LogP contribution in [0.25, 0.3) is 11.3 Å². The van der Waals surface area contributed by atoms with Gasteiger partial charge in [-0.25, -0.2) is 4.98 Å². The quantitative estimate of drug-likeness (QED) is 0.456. The van der Waals surface area contributed by atoms with Crippen LogP contribution < -0.4 is 10.4 Å². The summed E-state index contributed by atoms with van der Waals surface area (Å²) in [6.07, 6.45) is 0. The fraction of sp³-hybridized carbons (Fsp3) is 0.0952. The Labute approximate surface area is 181 Å². The summed E-state index contributed by atoms with van der Waals surface area (Å²) in [5.41, 5.74) is 6.28. The van der Waals surface area contributed by atoms with Gasteiger partial charge in [0.25, 0.3) is 0 Å². The zero-order valence-electron chi connectivity index (χ0n) is 16.1. The van der Waals surface area contributed by atoms with Gasteiger partial charge in [0.1, 0.15) is 0 Å². The first kappa shape index (κ1) is 19.9. The number of carbonyl (C=O) groups excluding carboxylic acids is 2. The second-order valence-corrected chi connectivity index (χ2v) is 7.81. The van der Waals surface area contributed by atoms with Gasteiger partial charge >= 0.3 is 5.91 Å². The van der Waals surface area contributed by atoms with Gasteiger partial charge in [0.2, 0.25) is 5.13 Å². The zero-order chi connectivity index (χ0) is 21.3. The van der Waals surface area contributed by atoms with E-state index < -0.39 is 0 Å². The third-order valence-electron chi connectivity index (χ3n) is 4.37. The number of thiazole rings is 1. The minimum atomic E-state index is -0.375. The number of nitrogens with zero attached hydrogens (tertiary/aromatic N) is 4. The molecule has 0 radical (unpaired) electrons. The molecule has 1 aliphatic rings. The Hall–Kier alpha value is -3.36. The van der Waals surface area contributed by atoms with Crippen molar-refractivity contribution in [2.24, 2.45) is 10.2 Å². The number of nitrogens with one attached hydrogen (secondary N) is 1. The number of rotatable bonds is 5. The summed E-state index contributed by atoms with van der Waals surface area (Å²) >= 11 is 7.25. The molecular formula is C21H16ClN5O2S. The van der Waals surface area contributed by atoms with E-state index in [0.29, 0.717) is 27.1 Å². The summed E-state index contributed by atoms with van der Waals surface area (Å²) < 4.78 is 0. The molecule has 0 saturated heterocycles. The van der Waals surface area contributed by atoms with Crippen LogP contribution in [0.5, 0.6) is 0 Å². The smallest absolute Gasteiger partial charge is 0.295 e. The van der Waals surface area contributed by atoms with E-state index in [1.54, 1.807) is 43.3 Å². The van der Waals surface area contributed by atoms with Crippen molar-refractivity contribution in [1.82, 2.24) is 4.98 Å². The van der Waals surface area contributed by atoms with Gasteiger partial charge in [-0.2, -0.15) is 15.2 Å². The molecule has 9 heteroatoms. The molecule has 0 aliphatic carbocycles. The van der Waals surface area contributed by atoms with Gasteiger partial charge in [0.05, 0.1) is 17.1 Å². The molecule has 0 bridgehead atoms. The fourth-order valence-corrected chi connectivity index (χ4v) is 3.71. The number of halogens is 1. The Morgan fingerprint density at radius 2 is 1.97 bits per heavy atom. The molecule has 1 N–H and O–H groups in total. The molecule has 30 heavy (non-hydrogen) atoms. The highest BCUT2D eigenvalue weighted by Crippen LogP contribution is 2.30. The first-order valence-electron chi connectivity index (χ1n) is 8.98. The lowest BCUT2D eigenvalue weighted by Crippen LogP contribution is -2.27. The van der Waals surface area contributed by atoms with Crippen LogP contribution in [0.3, 0.4) is 0 Å². The maximum absolute atomic E-state index is 12.8. The molecule has 0 spiro atoms. The van der Waals surface area contributed by atoms with Gasteiger partial charge in [0.15, 0.2) is 11.5 Å². The Bertz CT molecular complexity index is 1200. The van der Waals surface area contributed by atoms with Gasteiger partial charge in [0, 0.05) is 21.5 Å². The van der Waals surface area contributed by atoms with Crippen LogP contribution in [0, 0.1) is 0 Å². The molecule has 2 aromatic carbocycles. The van der Waals surface area contributed by atoms with E-state index >= 15 is 0 Å². The SMILES string of the molecule is CC(=O)c1cccc(N/N=C2/C(=O)N(c3nc(-c4ccc(Cl)cc4)cs3)N=C2C)c1. The number of benzene rings is 2. The molecule has 150 valence electrons. The van der Waals surface area contributed by atoms with E-state index in [4.69, 9.17) is 11.6 Å². The fourth-order valence-electron chi connectivity index (χ4n) is 2.80. The average Bonchev–Trinajstić information content (AvgIpc) is 3.32. The van der Waals surface area contributed by atoms with Crippen LogP contribution in [0.4, 0.5) is 10.8 Å². The number of hydrogen-bond acceptors (Lipinski definition) is 7. The van der Waals surface area contributed by atoms with E-state index in [1.807, 2.05) is 17.5 Å². The molecule has 1 aromatic heterocycles. The summed E-state index contributed by atoms with van der Waals surface area (Å²) in [5.74, 6) is -0.424. The van der Waals surface area contributed by atoms with Crippen molar-refractivity contribution in [2.45, 2.75) is 13.8 Å². The predicted molar refractivity (Wildman–Crippen MR) is 121 cm³/mol. The van der Waals surface area contributed by atoms with E-state index in [0.717, 1.165) is 11.3 Å². The lowest BCUT2D eigenvalue weighted by molar-refractivity contribution is -0.112. The number of carbonyl (C=O) groups is 2. The Balaban J connectivity index is 1.54. The molecule has 0 unspecified atom stereocenters. The normalized spacial score (nSPS) is 14.9. The highest BCUT2D eigenvalue weighted by atomic mass is 35.5. The number of ketones is 1. The van der Waals surface area contributed by atoms with Crippen molar-refractivity contribution >= 4 is 56.9 Å². The summed E-state index contributed by atoms with van der Waals surface area (Å²) in [7, 11) is 0. The average molecular weight is 438 g/mol. The van der Waals surface area contributed by atoms with Gasteiger partial charge < -0.3 is 0 Å². The van der Waals surface area contributed by atoms with Crippen LogP contribution in [0.1, 0.15) is 24.2 Å². The molecule has 1 amide bonds. The number of anilines is 2. The van der Waals surface area contributed by atoms with Crippen LogP contribution in [-0.2, 0) is 4.79 Å². The van der Waals surface area contributed by atoms with Crippen LogP contribution in [0.15, 0.2) is 64.1 Å². The minimum absolute atomic E-state index is 0.0487. The molecule has 1 aliphatic heterocycles. The Kier molecular flexibility index (Phi) is 5.43. The second-order valence-electron chi connectivity index (χ2n) is 6.53. The summed E-state index contributed by atoms with van der Waals surface area (Å²) in [5, 5.41) is 12.7. The number of amides is 1. The molecule has 0 fully saturated rings. The third-order valence-corrected chi connectivity index (χ3v) is 5.43. The number of Topliss-reactive ketones (excluding diaryl/α,β-unsaturated/α-hetero) is 1. The van der Waals surface area contributed by atoms with Crippen LogP contribution in [-0.4, -0.2) is 28.1 Å². The van der Waals surface area contributed by atoms with Gasteiger partial charge in [-0.3, -0.25) is 15.0 Å². The Morgan fingerprint density at radius 1 is 1.20 bits per heavy atom. The lowest BCUT2D eigenvalue weighted by atomic mass is 10.1. The van der Waals surface area contributed by atoms with Crippen molar-refractivity contribution in [3.63, 3.8) is 0 Å². The van der Waals surface area contributed by atoms with Gasteiger partial charge in [-0.1, -0.05) is 35.9 Å². The second kappa shape index (κ2) is 8.17. The van der Waals surface area contributed by atoms with Crippen molar-refractivity contribution in [3.05, 3.63) is 64.5 Å². The van der Waals surface area contributed by atoms with Crippen molar-refractivity contribution in [1.29, 1.82) is 0 Å². The number of hydrogen-bond donors (Lipinski definition) is 1. The standard InChI is InChI=1S/C21H16ClN5O2S/c1-12-19(25-24-17-5-3-4-15(10-17)13(2)28)20(29)27(26-12)21-23-18(11-30-21)14-6-8-16(22)9-7-14/h3-11,24H,1-2H3/b25-19+. The van der Waals surface area contributed by atoms with Crippen molar-refractivity contribution < 1.29 is 9.59 Å². The molecule has 4 rings (SSSR count). The molecule has 2 heterocycles. The zero-order valence-corrected chi connectivity index (χ0v) is 17.7. The summed E-state index contributed by atoms with van der Waals surface area (Å²) in [6.45, 7) is 3.20. The van der Waals surface area contributed by atoms with Crippen LogP contribution in [0.2, 0.25) is 5.02 Å². The van der Waals surface area contributed by atoms with Crippen molar-refractivity contribution in [3.8, 4) is 11.3 Å². The van der Waals surface area contributed by atoms with Gasteiger partial charge in [-0.05, 0) is 38.1 Å². The first-order chi connectivity index (χ1) is 14.4. The summed E-state index contributed by atoms with van der Waals surface area (Å²) in [6, 6.07) is 14.2. The lowest BCUT2D eigenvalue weighted by Gasteiger charge is -2.07. The monoisotopic (exact) mass is 437 g/mol. The predicted octanol–water partition coefficient (Wildman–Crippen LogP) is 4.86. The van der Waals surface area contributed by atoms with E-state index in [1.165, 1.54) is 23.3 Å². The maximum Gasteiger partial charge on any atom is 0.303 e. The minimum Gasteiger partial charge on any atom is -0.295 e. The number of aromatic nitrogens is 1. The largest absolute Gasteiger partial charge is 0.303 e. The maximum atomic E-state index is 12.8. The summed E-state index contributed by atoms with van der Waals surface area (Å²) in [4.78, 5) is 28.9. The highest BCUT2D eigenvalue weighted by Gasteiger charge is 2.32. The first-order valence-corrected chi connectivity index (χ1v) is 10.2. The van der Waals surface area contributed by atoms with E-state index in [-0.39, 0.29) is 17.4 Å². The molecule has 3 aromatic rings.